The summed E-state index contributed by atoms with van der Waals surface area (Å²) in [5.41, 5.74) is 0.816. The Morgan fingerprint density at radius 1 is 1.15 bits per heavy atom. The van der Waals surface area contributed by atoms with E-state index in [4.69, 9.17) is 16.3 Å². The van der Waals surface area contributed by atoms with E-state index in [2.05, 4.69) is 6.92 Å². The number of halogens is 1. The first-order valence-corrected chi connectivity index (χ1v) is 13.9. The summed E-state index contributed by atoms with van der Waals surface area (Å²) in [5.74, 6) is -0.210. The maximum absolute atomic E-state index is 13.6. The Morgan fingerprint density at radius 3 is 2.39 bits per heavy atom. The number of nitrogens with zero attached hydrogens (tertiary/aromatic N) is 1. The van der Waals surface area contributed by atoms with Gasteiger partial charge in [-0.25, -0.2) is 8.42 Å². The van der Waals surface area contributed by atoms with Crippen LogP contribution >= 0.6 is 23.4 Å². The molecule has 3 atom stereocenters. The number of benzene rings is 2. The predicted octanol–water partition coefficient (Wildman–Crippen LogP) is 5.48. The maximum atomic E-state index is 13.6. The van der Waals surface area contributed by atoms with Crippen LogP contribution in [0.2, 0.25) is 5.02 Å². The third-order valence-corrected chi connectivity index (χ3v) is 9.56. The van der Waals surface area contributed by atoms with Gasteiger partial charge in [-0.15, -0.1) is 0 Å². The summed E-state index contributed by atoms with van der Waals surface area (Å²) in [5, 5.41) is 10.2. The lowest BCUT2D eigenvalue weighted by atomic mass is 9.90. The van der Waals surface area contributed by atoms with Crippen molar-refractivity contribution in [3.8, 4) is 5.75 Å². The Balaban J connectivity index is 1.98. The fourth-order valence-electron chi connectivity index (χ4n) is 4.08. The van der Waals surface area contributed by atoms with Crippen molar-refractivity contribution in [2.75, 3.05) is 19.4 Å². The predicted molar refractivity (Wildman–Crippen MR) is 133 cm³/mol. The van der Waals surface area contributed by atoms with E-state index in [1.54, 1.807) is 31.0 Å². The van der Waals surface area contributed by atoms with Crippen molar-refractivity contribution < 1.29 is 23.1 Å². The van der Waals surface area contributed by atoms with Gasteiger partial charge < -0.3 is 9.84 Å². The summed E-state index contributed by atoms with van der Waals surface area (Å²) < 4.78 is 33.9. The van der Waals surface area contributed by atoms with Crippen LogP contribution < -0.4 is 4.74 Å². The number of sulfonamides is 1. The Labute approximate surface area is 205 Å². The van der Waals surface area contributed by atoms with Gasteiger partial charge in [0, 0.05) is 16.8 Å². The molecule has 0 aliphatic carbocycles. The number of unbranched alkanes of at least 4 members (excludes halogenated alkanes) is 2. The zero-order chi connectivity index (χ0) is 24.0. The molecule has 33 heavy (non-hydrogen) atoms. The number of methoxy groups -OCH3 is 1. The quantitative estimate of drug-likeness (QED) is 0.425. The molecule has 2 aromatic rings. The van der Waals surface area contributed by atoms with Gasteiger partial charge >= 0.3 is 5.97 Å². The fraction of sp³-hybridized carbons (Fsp3) is 0.458. The van der Waals surface area contributed by atoms with E-state index in [0.29, 0.717) is 17.2 Å². The van der Waals surface area contributed by atoms with E-state index in [-0.39, 0.29) is 16.7 Å². The number of hydrogen-bond acceptors (Lipinski definition) is 5. The SMILES string of the molecule is CCCCCS[C@@H]1C[C@@H](c2ccc(OC)cc2)N(S(=O)(=O)c2ccc(Cl)cc2)C[C@H]1C(=O)O. The molecule has 1 N–H and O–H groups in total. The summed E-state index contributed by atoms with van der Waals surface area (Å²) in [4.78, 5) is 12.3. The van der Waals surface area contributed by atoms with Crippen LogP contribution in [-0.2, 0) is 14.8 Å². The molecule has 3 rings (SSSR count). The van der Waals surface area contributed by atoms with E-state index in [0.717, 1.165) is 30.6 Å². The van der Waals surface area contributed by atoms with Crippen LogP contribution in [0.3, 0.4) is 0 Å². The number of carbonyl (C=O) groups is 1. The van der Waals surface area contributed by atoms with Crippen LogP contribution in [0.1, 0.15) is 44.2 Å². The molecule has 1 aliphatic rings. The average molecular weight is 512 g/mol. The van der Waals surface area contributed by atoms with E-state index in [9.17, 15) is 18.3 Å². The Hall–Kier alpha value is -1.74. The van der Waals surface area contributed by atoms with Crippen LogP contribution in [0, 0.1) is 5.92 Å². The molecule has 0 aromatic heterocycles. The molecule has 1 fully saturated rings. The monoisotopic (exact) mass is 511 g/mol. The molecule has 9 heteroatoms. The van der Waals surface area contributed by atoms with Crippen LogP contribution in [0.5, 0.6) is 5.75 Å². The minimum absolute atomic E-state index is 0.0809. The van der Waals surface area contributed by atoms with Crippen molar-refractivity contribution in [1.82, 2.24) is 4.31 Å². The van der Waals surface area contributed by atoms with Crippen LogP contribution in [0.4, 0.5) is 0 Å². The maximum Gasteiger partial charge on any atom is 0.308 e. The molecule has 1 heterocycles. The number of rotatable bonds is 10. The van der Waals surface area contributed by atoms with Gasteiger partial charge in [-0.3, -0.25) is 4.79 Å². The molecule has 1 aliphatic heterocycles. The number of aliphatic carboxylic acids is 1. The second kappa shape index (κ2) is 11.6. The van der Waals surface area contributed by atoms with Crippen LogP contribution in [0.25, 0.3) is 0 Å². The highest BCUT2D eigenvalue weighted by Gasteiger charge is 2.45. The summed E-state index contributed by atoms with van der Waals surface area (Å²) in [7, 11) is -2.36. The lowest BCUT2D eigenvalue weighted by molar-refractivity contribution is -0.143. The Kier molecular flexibility index (Phi) is 9.09. The lowest BCUT2D eigenvalue weighted by Gasteiger charge is -2.41. The van der Waals surface area contributed by atoms with E-state index >= 15 is 0 Å². The van der Waals surface area contributed by atoms with Gasteiger partial charge in [0.25, 0.3) is 0 Å². The number of carboxylic acid groups (broad SMARTS) is 1. The van der Waals surface area contributed by atoms with Crippen molar-refractivity contribution in [3.05, 3.63) is 59.1 Å². The molecule has 1 saturated heterocycles. The molecule has 0 spiro atoms. The average Bonchev–Trinajstić information content (AvgIpc) is 2.81. The van der Waals surface area contributed by atoms with Crippen molar-refractivity contribution in [2.45, 2.75) is 48.8 Å². The number of hydrogen-bond donors (Lipinski definition) is 1. The van der Waals surface area contributed by atoms with Crippen LogP contribution in [-0.4, -0.2) is 48.5 Å². The molecular formula is C24H30ClNO5S2. The summed E-state index contributed by atoms with van der Waals surface area (Å²) >= 11 is 7.60. The minimum atomic E-state index is -3.94. The van der Waals surface area contributed by atoms with E-state index < -0.39 is 28.0 Å². The molecular weight excluding hydrogens is 482 g/mol. The van der Waals surface area contributed by atoms with Gasteiger partial charge in [0.1, 0.15) is 5.75 Å². The lowest BCUT2D eigenvalue weighted by Crippen LogP contribution is -2.49. The van der Waals surface area contributed by atoms with Gasteiger partial charge in [0.05, 0.1) is 24.0 Å². The second-order valence-electron chi connectivity index (χ2n) is 8.11. The third kappa shape index (κ3) is 6.23. The van der Waals surface area contributed by atoms with Crippen LogP contribution in [0.15, 0.2) is 53.4 Å². The highest BCUT2D eigenvalue weighted by molar-refractivity contribution is 7.99. The largest absolute Gasteiger partial charge is 0.497 e. The van der Waals surface area contributed by atoms with Crippen molar-refractivity contribution >= 4 is 39.4 Å². The van der Waals surface area contributed by atoms with Gasteiger partial charge in [-0.1, -0.05) is 43.5 Å². The highest BCUT2D eigenvalue weighted by atomic mass is 35.5. The summed E-state index contributed by atoms with van der Waals surface area (Å²) in [6.07, 6.45) is 3.63. The molecule has 0 radical (unpaired) electrons. The first-order valence-electron chi connectivity index (χ1n) is 11.0. The molecule has 0 saturated carbocycles. The number of carboxylic acids is 1. The number of piperidine rings is 1. The standard InChI is InChI=1S/C24H30ClNO5S2/c1-3-4-5-14-32-23-15-22(17-6-10-19(31-2)11-7-17)26(16-21(23)24(27)28)33(29,30)20-12-8-18(25)9-13-20/h6-13,21-23H,3-5,14-16H2,1-2H3,(H,27,28)/t21-,22+,23-/m1/s1. The highest BCUT2D eigenvalue weighted by Crippen LogP contribution is 2.42. The van der Waals surface area contributed by atoms with Crippen molar-refractivity contribution in [2.24, 2.45) is 5.92 Å². The number of thioether (sulfide) groups is 1. The Bertz CT molecular complexity index is 1030. The minimum Gasteiger partial charge on any atom is -0.497 e. The van der Waals surface area contributed by atoms with E-state index in [1.165, 1.54) is 28.6 Å². The topological polar surface area (TPSA) is 83.9 Å². The zero-order valence-electron chi connectivity index (χ0n) is 18.8. The van der Waals surface area contributed by atoms with Crippen molar-refractivity contribution in [1.29, 1.82) is 0 Å². The van der Waals surface area contributed by atoms with Gasteiger partial charge in [-0.2, -0.15) is 16.1 Å². The van der Waals surface area contributed by atoms with Gasteiger partial charge in [0.15, 0.2) is 0 Å². The fourth-order valence-corrected chi connectivity index (χ4v) is 7.29. The normalized spacial score (nSPS) is 21.6. The molecule has 0 unspecified atom stereocenters. The second-order valence-corrected chi connectivity index (χ2v) is 11.8. The molecule has 0 bridgehead atoms. The smallest absolute Gasteiger partial charge is 0.308 e. The first kappa shape index (κ1) is 25.9. The van der Waals surface area contributed by atoms with Gasteiger partial charge in [0.2, 0.25) is 10.0 Å². The first-order chi connectivity index (χ1) is 15.8. The molecule has 2 aromatic carbocycles. The molecule has 180 valence electrons. The third-order valence-electron chi connectivity index (χ3n) is 5.95. The van der Waals surface area contributed by atoms with Crippen molar-refractivity contribution in [3.63, 3.8) is 0 Å². The molecule has 6 nitrogen and oxygen atoms in total. The number of ether oxygens (including phenoxy) is 1. The summed E-state index contributed by atoms with van der Waals surface area (Å²) in [6.45, 7) is 2.05. The summed E-state index contributed by atoms with van der Waals surface area (Å²) in [6, 6.07) is 12.8. The Morgan fingerprint density at radius 2 is 1.82 bits per heavy atom. The zero-order valence-corrected chi connectivity index (χ0v) is 21.2. The molecule has 0 amide bonds. The van der Waals surface area contributed by atoms with Gasteiger partial charge in [-0.05, 0) is 60.6 Å². The van der Waals surface area contributed by atoms with E-state index in [1.807, 2.05) is 12.1 Å².